The van der Waals surface area contributed by atoms with Gasteiger partial charge >= 0.3 is 0 Å². The lowest BCUT2D eigenvalue weighted by molar-refractivity contribution is 0.517. The second kappa shape index (κ2) is 6.85. The minimum Gasteiger partial charge on any atom is -0.271 e. The molecule has 5 heteroatoms. The van der Waals surface area contributed by atoms with E-state index in [0.717, 1.165) is 23.1 Å². The van der Waals surface area contributed by atoms with E-state index < -0.39 is 0 Å². The number of rotatable bonds is 6. The van der Waals surface area contributed by atoms with Gasteiger partial charge in [-0.1, -0.05) is 0 Å². The molecule has 0 saturated heterocycles. The van der Waals surface area contributed by atoms with Crippen molar-refractivity contribution in [2.24, 2.45) is 5.84 Å². The molecule has 1 heterocycles. The number of hydrogen-bond acceptors (Lipinski definition) is 4. The molecule has 0 aliphatic heterocycles. The number of halogens is 1. The molecule has 0 radical (unpaired) electrons. The van der Waals surface area contributed by atoms with Gasteiger partial charge < -0.3 is 0 Å². The van der Waals surface area contributed by atoms with Crippen molar-refractivity contribution in [1.29, 1.82) is 0 Å². The Balaban J connectivity index is 2.40. The minimum atomic E-state index is 0.396. The molecule has 14 heavy (non-hydrogen) atoms. The van der Waals surface area contributed by atoms with Crippen molar-refractivity contribution in [2.75, 3.05) is 12.0 Å². The van der Waals surface area contributed by atoms with Gasteiger partial charge in [0.05, 0.1) is 0 Å². The third-order valence-corrected chi connectivity index (χ3v) is 4.34. The smallest absolute Gasteiger partial charge is 0.0285 e. The Kier molecular flexibility index (Phi) is 6.12. The molecular weight excluding hydrogens is 280 g/mol. The lowest BCUT2D eigenvalue weighted by atomic mass is 10.1. The Labute approximate surface area is 102 Å². The molecule has 0 aliphatic carbocycles. The first-order chi connectivity index (χ1) is 6.76. The molecule has 0 saturated carbocycles. The molecule has 0 bridgehead atoms. The van der Waals surface area contributed by atoms with Crippen molar-refractivity contribution in [2.45, 2.75) is 18.9 Å². The highest BCUT2D eigenvalue weighted by Crippen LogP contribution is 2.21. The SMILES string of the molecule is CSCCC(Cc1cc(Br)cs1)NN. The number of nitrogens with two attached hydrogens (primary N) is 1. The van der Waals surface area contributed by atoms with Crippen LogP contribution in [0.2, 0.25) is 0 Å². The molecule has 0 spiro atoms. The summed E-state index contributed by atoms with van der Waals surface area (Å²) in [6, 6.07) is 2.56. The maximum atomic E-state index is 5.50. The highest BCUT2D eigenvalue weighted by molar-refractivity contribution is 9.10. The van der Waals surface area contributed by atoms with Crippen LogP contribution in [0.25, 0.3) is 0 Å². The molecular formula is C9H15BrN2S2. The van der Waals surface area contributed by atoms with Crippen molar-refractivity contribution in [3.8, 4) is 0 Å². The van der Waals surface area contributed by atoms with Gasteiger partial charge in [-0.25, -0.2) is 0 Å². The highest BCUT2D eigenvalue weighted by atomic mass is 79.9. The van der Waals surface area contributed by atoms with Crippen LogP contribution in [0.5, 0.6) is 0 Å². The van der Waals surface area contributed by atoms with Crippen LogP contribution >= 0.6 is 39.0 Å². The number of thiophene rings is 1. The van der Waals surface area contributed by atoms with Crippen molar-refractivity contribution in [3.05, 3.63) is 20.8 Å². The predicted molar refractivity (Wildman–Crippen MR) is 69.8 cm³/mol. The van der Waals surface area contributed by atoms with Crippen LogP contribution in [0, 0.1) is 0 Å². The van der Waals surface area contributed by atoms with Gasteiger partial charge in [0.1, 0.15) is 0 Å². The third-order valence-electron chi connectivity index (χ3n) is 1.98. The molecule has 1 aromatic heterocycles. The predicted octanol–water partition coefficient (Wildman–Crippen LogP) is 2.64. The van der Waals surface area contributed by atoms with Gasteiger partial charge in [-0.2, -0.15) is 11.8 Å². The quantitative estimate of drug-likeness (QED) is 0.626. The molecule has 1 atom stereocenters. The van der Waals surface area contributed by atoms with E-state index in [0.29, 0.717) is 6.04 Å². The zero-order valence-electron chi connectivity index (χ0n) is 8.13. The molecule has 80 valence electrons. The Hall–Kier alpha value is 0.450. The number of thioether (sulfide) groups is 1. The molecule has 0 aliphatic rings. The van der Waals surface area contributed by atoms with E-state index in [4.69, 9.17) is 5.84 Å². The number of nitrogens with one attached hydrogen (secondary N) is 1. The highest BCUT2D eigenvalue weighted by Gasteiger charge is 2.08. The van der Waals surface area contributed by atoms with Crippen LogP contribution in [0.4, 0.5) is 0 Å². The third kappa shape index (κ3) is 4.31. The van der Waals surface area contributed by atoms with Gasteiger partial charge in [0, 0.05) is 20.8 Å². The molecule has 0 aromatic carbocycles. The summed E-state index contributed by atoms with van der Waals surface area (Å²) >= 11 is 7.09. The van der Waals surface area contributed by atoms with Crippen molar-refractivity contribution in [1.82, 2.24) is 5.43 Å². The molecule has 0 fully saturated rings. The van der Waals surface area contributed by atoms with Crippen molar-refractivity contribution in [3.63, 3.8) is 0 Å². The van der Waals surface area contributed by atoms with Crippen molar-refractivity contribution < 1.29 is 0 Å². The summed E-state index contributed by atoms with van der Waals surface area (Å²) in [4.78, 5) is 1.38. The first kappa shape index (κ1) is 12.5. The van der Waals surface area contributed by atoms with Crippen LogP contribution < -0.4 is 11.3 Å². The largest absolute Gasteiger partial charge is 0.271 e. The summed E-state index contributed by atoms with van der Waals surface area (Å²) in [6.45, 7) is 0. The van der Waals surface area contributed by atoms with Crippen LogP contribution in [0.15, 0.2) is 15.9 Å². The van der Waals surface area contributed by atoms with Gasteiger partial charge in [-0.15, -0.1) is 11.3 Å². The van der Waals surface area contributed by atoms with Crippen molar-refractivity contribution >= 4 is 39.0 Å². The second-order valence-electron chi connectivity index (χ2n) is 3.08. The Morgan fingerprint density at radius 3 is 3.00 bits per heavy atom. The van der Waals surface area contributed by atoms with Crippen LogP contribution in [-0.4, -0.2) is 18.1 Å². The molecule has 1 aromatic rings. The zero-order chi connectivity index (χ0) is 10.4. The maximum absolute atomic E-state index is 5.50. The number of hydrogen-bond donors (Lipinski definition) is 2. The van der Waals surface area contributed by atoms with Gasteiger partial charge in [0.2, 0.25) is 0 Å². The van der Waals surface area contributed by atoms with E-state index in [1.807, 2.05) is 11.8 Å². The van der Waals surface area contributed by atoms with E-state index in [9.17, 15) is 0 Å². The summed E-state index contributed by atoms with van der Waals surface area (Å²) in [5.41, 5.74) is 2.87. The fourth-order valence-corrected chi connectivity index (χ4v) is 3.26. The van der Waals surface area contributed by atoms with E-state index in [-0.39, 0.29) is 0 Å². The first-order valence-electron chi connectivity index (χ1n) is 4.44. The lowest BCUT2D eigenvalue weighted by Gasteiger charge is -2.13. The molecule has 0 amide bonds. The van der Waals surface area contributed by atoms with E-state index >= 15 is 0 Å². The standard InChI is InChI=1S/C9H15BrN2S2/c1-13-3-2-8(12-11)5-9-4-7(10)6-14-9/h4,6,8,12H,2-3,5,11H2,1H3. The minimum absolute atomic E-state index is 0.396. The van der Waals surface area contributed by atoms with Gasteiger partial charge in [-0.05, 0) is 46.8 Å². The Morgan fingerprint density at radius 2 is 2.50 bits per heavy atom. The molecule has 2 nitrogen and oxygen atoms in total. The first-order valence-corrected chi connectivity index (χ1v) is 7.51. The average Bonchev–Trinajstić information content (AvgIpc) is 2.58. The summed E-state index contributed by atoms with van der Waals surface area (Å²) in [7, 11) is 0. The summed E-state index contributed by atoms with van der Waals surface area (Å²) < 4.78 is 1.16. The van der Waals surface area contributed by atoms with Gasteiger partial charge in [0.15, 0.2) is 0 Å². The normalized spacial score (nSPS) is 13.1. The Morgan fingerprint density at radius 1 is 1.71 bits per heavy atom. The van der Waals surface area contributed by atoms with Crippen LogP contribution in [0.3, 0.4) is 0 Å². The maximum Gasteiger partial charge on any atom is 0.0285 e. The summed E-state index contributed by atoms with van der Waals surface area (Å²) in [5, 5.41) is 2.11. The van der Waals surface area contributed by atoms with Crippen LogP contribution in [-0.2, 0) is 6.42 Å². The molecule has 1 rings (SSSR count). The van der Waals surface area contributed by atoms with Crippen LogP contribution in [0.1, 0.15) is 11.3 Å². The fourth-order valence-electron chi connectivity index (χ4n) is 1.21. The van der Waals surface area contributed by atoms with E-state index in [1.54, 1.807) is 11.3 Å². The van der Waals surface area contributed by atoms with Gasteiger partial charge in [0.25, 0.3) is 0 Å². The lowest BCUT2D eigenvalue weighted by Crippen LogP contribution is -2.37. The molecule has 3 N–H and O–H groups in total. The topological polar surface area (TPSA) is 38.0 Å². The Bertz CT molecular complexity index is 265. The zero-order valence-corrected chi connectivity index (χ0v) is 11.3. The summed E-state index contributed by atoms with van der Waals surface area (Å²) in [6.07, 6.45) is 4.26. The van der Waals surface area contributed by atoms with E-state index in [1.165, 1.54) is 4.88 Å². The average molecular weight is 295 g/mol. The monoisotopic (exact) mass is 294 g/mol. The molecule has 1 unspecified atom stereocenters. The second-order valence-corrected chi connectivity index (χ2v) is 5.98. The fraction of sp³-hybridized carbons (Fsp3) is 0.556. The summed E-state index contributed by atoms with van der Waals surface area (Å²) in [5.74, 6) is 6.66. The number of hydrazine groups is 1. The van der Waals surface area contributed by atoms with Gasteiger partial charge in [-0.3, -0.25) is 11.3 Å². The van der Waals surface area contributed by atoms with E-state index in [2.05, 4.69) is 39.1 Å².